The fourth-order valence-electron chi connectivity index (χ4n) is 4.02. The van der Waals surface area contributed by atoms with E-state index >= 15 is 0 Å². The van der Waals surface area contributed by atoms with Crippen molar-refractivity contribution in [3.8, 4) is 0 Å². The minimum atomic E-state index is -0.225. The van der Waals surface area contributed by atoms with Crippen molar-refractivity contribution in [1.29, 1.82) is 0 Å². The summed E-state index contributed by atoms with van der Waals surface area (Å²) >= 11 is 1.56. The maximum Gasteiger partial charge on any atom is -1.00 e. The van der Waals surface area contributed by atoms with E-state index in [9.17, 15) is 0 Å². The molecule has 96 valence electrons. The van der Waals surface area contributed by atoms with E-state index in [-0.39, 0.29) is 21.2 Å². The van der Waals surface area contributed by atoms with Gasteiger partial charge in [-0.2, -0.15) is 0 Å². The standard InChI is InChI=1S/C14H27Si.ClH.Zn/c1-2-10-15-11-8-14(9-12-15)13-6-4-3-5-7-13;;/h3,13-15H,2,4-12H2,1H3;1H;/q;;+1/p-1. The van der Waals surface area contributed by atoms with Crippen molar-refractivity contribution in [2.75, 3.05) is 0 Å². The Hall–Kier alpha value is 1.13. The van der Waals surface area contributed by atoms with E-state index in [2.05, 4.69) is 6.92 Å². The predicted octanol–water partition coefficient (Wildman–Crippen LogP) is 1.56. The van der Waals surface area contributed by atoms with Gasteiger partial charge in [0.05, 0.1) is 0 Å². The molecule has 2 aliphatic rings. The Morgan fingerprint density at radius 1 is 0.941 bits per heavy atom. The zero-order chi connectivity index (χ0) is 11.4. The molecular weight excluding hydrogens is 297 g/mol. The maximum absolute atomic E-state index is 2.38. The molecule has 1 heterocycles. The SMILES string of the molecule is CCC[SiH]1CCC([C@H]2CC[C@H]([Zn+])CC2)CC1.[Cl-]. The van der Waals surface area contributed by atoms with Gasteiger partial charge in [-0.05, 0) is 0 Å². The van der Waals surface area contributed by atoms with E-state index in [1.54, 1.807) is 75.0 Å². The van der Waals surface area contributed by atoms with Crippen LogP contribution in [0.5, 0.6) is 0 Å². The summed E-state index contributed by atoms with van der Waals surface area (Å²) in [6.07, 6.45) is 11.1. The van der Waals surface area contributed by atoms with Crippen LogP contribution in [0.4, 0.5) is 0 Å². The second kappa shape index (κ2) is 8.33. The van der Waals surface area contributed by atoms with Gasteiger partial charge in [-0.3, -0.25) is 0 Å². The van der Waals surface area contributed by atoms with Gasteiger partial charge in [-0.1, -0.05) is 0 Å². The smallest absolute Gasteiger partial charge is 1.00 e. The van der Waals surface area contributed by atoms with Crippen molar-refractivity contribution in [1.82, 2.24) is 0 Å². The minimum absolute atomic E-state index is 0. The quantitative estimate of drug-likeness (QED) is 0.691. The first-order valence-corrected chi connectivity index (χ1v) is 11.8. The zero-order valence-electron chi connectivity index (χ0n) is 11.5. The fraction of sp³-hybridized carbons (Fsp3) is 1.00. The van der Waals surface area contributed by atoms with Gasteiger partial charge in [0.2, 0.25) is 0 Å². The number of halogens is 1. The largest absolute Gasteiger partial charge is 1.00 e. The van der Waals surface area contributed by atoms with Gasteiger partial charge in [0.25, 0.3) is 0 Å². The van der Waals surface area contributed by atoms with E-state index < -0.39 is 0 Å². The molecule has 1 saturated heterocycles. The summed E-state index contributed by atoms with van der Waals surface area (Å²) in [7, 11) is -0.225. The van der Waals surface area contributed by atoms with E-state index in [4.69, 9.17) is 0 Å². The van der Waals surface area contributed by atoms with Crippen LogP contribution in [0.2, 0.25) is 22.6 Å². The molecule has 2 rings (SSSR count). The molecule has 1 aliphatic heterocycles. The van der Waals surface area contributed by atoms with Crippen molar-refractivity contribution in [3.05, 3.63) is 0 Å². The van der Waals surface area contributed by atoms with Gasteiger partial charge in [0, 0.05) is 0 Å². The van der Waals surface area contributed by atoms with Crippen LogP contribution in [0.1, 0.15) is 51.9 Å². The number of hydrogen-bond donors (Lipinski definition) is 0. The van der Waals surface area contributed by atoms with Crippen LogP contribution < -0.4 is 12.4 Å². The van der Waals surface area contributed by atoms with Crippen molar-refractivity contribution in [2.24, 2.45) is 11.8 Å². The molecular formula is C14H27ClSiZn. The fourth-order valence-corrected chi connectivity index (χ4v) is 8.49. The van der Waals surface area contributed by atoms with Gasteiger partial charge in [0.15, 0.2) is 0 Å². The Balaban J connectivity index is 0.00000144. The third kappa shape index (κ3) is 4.96. The Bertz CT molecular complexity index is 196. The molecule has 0 radical (unpaired) electrons. The summed E-state index contributed by atoms with van der Waals surface area (Å²) < 4.78 is 1.15. The van der Waals surface area contributed by atoms with Gasteiger partial charge in [-0.15, -0.1) is 0 Å². The van der Waals surface area contributed by atoms with E-state index in [0.717, 1.165) is 16.3 Å². The molecule has 0 unspecified atom stereocenters. The van der Waals surface area contributed by atoms with Gasteiger partial charge < -0.3 is 12.4 Å². The van der Waals surface area contributed by atoms with Gasteiger partial charge in [0.1, 0.15) is 0 Å². The average molecular weight is 324 g/mol. The summed E-state index contributed by atoms with van der Waals surface area (Å²) in [6.45, 7) is 2.38. The molecule has 0 N–H and O–H groups in total. The van der Waals surface area contributed by atoms with E-state index in [0.29, 0.717) is 0 Å². The molecule has 0 aromatic rings. The Morgan fingerprint density at radius 3 is 2.00 bits per heavy atom. The van der Waals surface area contributed by atoms with Gasteiger partial charge >= 0.3 is 113 Å². The molecule has 0 aromatic carbocycles. The zero-order valence-corrected chi connectivity index (χ0v) is 16.3. The van der Waals surface area contributed by atoms with Crippen LogP contribution in [0.15, 0.2) is 0 Å². The number of hydrogen-bond acceptors (Lipinski definition) is 0. The maximum atomic E-state index is 2.38. The topological polar surface area (TPSA) is 0 Å². The molecule has 2 fully saturated rings. The minimum Gasteiger partial charge on any atom is -1.00 e. The predicted molar refractivity (Wildman–Crippen MR) is 70.3 cm³/mol. The second-order valence-electron chi connectivity index (χ2n) is 6.35. The summed E-state index contributed by atoms with van der Waals surface area (Å²) in [4.78, 5) is 0. The van der Waals surface area contributed by atoms with Crippen LogP contribution in [-0.4, -0.2) is 8.80 Å². The van der Waals surface area contributed by atoms with Crippen molar-refractivity contribution >= 4 is 8.80 Å². The normalized spacial score (nSPS) is 38.5. The first kappa shape index (κ1) is 16.2. The summed E-state index contributed by atoms with van der Waals surface area (Å²) in [5.74, 6) is 2.31. The Kier molecular flexibility index (Phi) is 7.93. The van der Waals surface area contributed by atoms with E-state index in [1.165, 1.54) is 6.42 Å². The molecule has 17 heavy (non-hydrogen) atoms. The van der Waals surface area contributed by atoms with Crippen molar-refractivity contribution in [2.45, 2.75) is 74.5 Å². The number of rotatable bonds is 3. The third-order valence-electron chi connectivity index (χ3n) is 5.15. The monoisotopic (exact) mass is 322 g/mol. The van der Waals surface area contributed by atoms with Gasteiger partial charge in [-0.25, -0.2) is 0 Å². The average Bonchev–Trinajstić information content (AvgIpc) is 2.32. The molecule has 0 nitrogen and oxygen atoms in total. The van der Waals surface area contributed by atoms with Crippen LogP contribution in [0, 0.1) is 11.8 Å². The van der Waals surface area contributed by atoms with Crippen LogP contribution in [0.3, 0.4) is 0 Å². The molecule has 0 spiro atoms. The molecule has 0 amide bonds. The third-order valence-corrected chi connectivity index (χ3v) is 10.6. The summed E-state index contributed by atoms with van der Waals surface area (Å²) in [6, 6.07) is 5.02. The molecule has 0 atom stereocenters. The van der Waals surface area contributed by atoms with Crippen molar-refractivity contribution < 1.29 is 30.7 Å². The Morgan fingerprint density at radius 2 is 1.47 bits per heavy atom. The first-order valence-electron chi connectivity index (χ1n) is 7.62. The molecule has 3 heteroatoms. The molecule has 0 aromatic heterocycles. The van der Waals surface area contributed by atoms with Crippen LogP contribution >= 0.6 is 0 Å². The summed E-state index contributed by atoms with van der Waals surface area (Å²) in [5, 5.41) is 0. The van der Waals surface area contributed by atoms with Crippen LogP contribution in [-0.2, 0) is 18.3 Å². The molecule has 0 bridgehead atoms. The molecule has 1 aliphatic carbocycles. The molecule has 1 saturated carbocycles. The Labute approximate surface area is 125 Å². The van der Waals surface area contributed by atoms with Crippen molar-refractivity contribution in [3.63, 3.8) is 0 Å². The summed E-state index contributed by atoms with van der Waals surface area (Å²) in [5.41, 5.74) is 0. The first-order chi connectivity index (χ1) is 7.79. The van der Waals surface area contributed by atoms with Crippen LogP contribution in [0.25, 0.3) is 0 Å². The second-order valence-corrected chi connectivity index (χ2v) is 12.2. The van der Waals surface area contributed by atoms with E-state index in [1.807, 2.05) is 0 Å².